The van der Waals surface area contributed by atoms with E-state index in [-0.39, 0.29) is 11.7 Å². The lowest BCUT2D eigenvalue weighted by Gasteiger charge is -2.32. The molecule has 212 valence electrons. The number of fused-ring (bicyclic) bond motifs is 1. The van der Waals surface area contributed by atoms with E-state index in [4.69, 9.17) is 4.74 Å². The molecule has 0 spiro atoms. The van der Waals surface area contributed by atoms with Gasteiger partial charge in [-0.1, -0.05) is 12.1 Å². The number of hydrogen-bond donors (Lipinski definition) is 0. The van der Waals surface area contributed by atoms with E-state index in [1.165, 1.54) is 19.2 Å². The largest absolute Gasteiger partial charge is 0.496 e. The molecule has 3 heterocycles. The molecule has 0 unspecified atom stereocenters. The highest BCUT2D eigenvalue weighted by molar-refractivity contribution is 6.45. The molecule has 0 N–H and O–H groups in total. The zero-order valence-electron chi connectivity index (χ0n) is 23.5. The number of piperidine rings is 1. The summed E-state index contributed by atoms with van der Waals surface area (Å²) in [7, 11) is 5.36. The minimum absolute atomic E-state index is 0.150. The summed E-state index contributed by atoms with van der Waals surface area (Å²) >= 11 is 0. The van der Waals surface area contributed by atoms with Crippen LogP contribution in [0, 0.1) is 11.7 Å². The minimum Gasteiger partial charge on any atom is -0.496 e. The van der Waals surface area contributed by atoms with E-state index in [9.17, 15) is 18.8 Å². The highest BCUT2D eigenvalue weighted by Gasteiger charge is 2.30. The third-order valence-corrected chi connectivity index (χ3v) is 8.33. The SMILES string of the molecule is COc1cc2c(cc1C(=O)N1CCC(Cc3ccc(F)cc3)CC1)c(C(=O)C(=O)N1CCCN(C)CC1)cn2C. The molecule has 2 fully saturated rings. The molecular weight excluding hydrogens is 511 g/mol. The van der Waals surface area contributed by atoms with E-state index in [0.29, 0.717) is 54.4 Å². The lowest BCUT2D eigenvalue weighted by molar-refractivity contribution is -0.126. The molecule has 2 aliphatic rings. The molecule has 0 saturated carbocycles. The highest BCUT2D eigenvalue weighted by atomic mass is 19.1. The molecule has 2 aromatic carbocycles. The molecule has 2 saturated heterocycles. The Kier molecular flexibility index (Phi) is 8.21. The molecule has 40 heavy (non-hydrogen) atoms. The van der Waals surface area contributed by atoms with E-state index in [1.54, 1.807) is 27.8 Å². The fraction of sp³-hybridized carbons (Fsp3) is 0.452. The fourth-order valence-corrected chi connectivity index (χ4v) is 5.90. The first-order valence-electron chi connectivity index (χ1n) is 14.0. The van der Waals surface area contributed by atoms with Gasteiger partial charge in [0.05, 0.1) is 23.8 Å². The van der Waals surface area contributed by atoms with Crippen LogP contribution in [-0.4, -0.2) is 90.3 Å². The van der Waals surface area contributed by atoms with Gasteiger partial charge in [0.1, 0.15) is 11.6 Å². The zero-order valence-corrected chi connectivity index (χ0v) is 23.5. The van der Waals surface area contributed by atoms with Crippen molar-refractivity contribution in [3.63, 3.8) is 0 Å². The van der Waals surface area contributed by atoms with Gasteiger partial charge in [-0.05, 0) is 69.0 Å². The van der Waals surface area contributed by atoms with Crippen LogP contribution in [0.2, 0.25) is 0 Å². The maximum absolute atomic E-state index is 13.7. The summed E-state index contributed by atoms with van der Waals surface area (Å²) < 4.78 is 20.7. The number of carbonyl (C=O) groups is 3. The Hall–Kier alpha value is -3.72. The van der Waals surface area contributed by atoms with Gasteiger partial charge in [-0.15, -0.1) is 0 Å². The number of halogens is 1. The number of ether oxygens (including phenoxy) is 1. The van der Waals surface area contributed by atoms with Crippen molar-refractivity contribution >= 4 is 28.5 Å². The molecular formula is C31H37FN4O4. The number of aromatic nitrogens is 1. The van der Waals surface area contributed by atoms with E-state index < -0.39 is 11.7 Å². The molecule has 8 nitrogen and oxygen atoms in total. The van der Waals surface area contributed by atoms with E-state index in [1.807, 2.05) is 31.1 Å². The van der Waals surface area contributed by atoms with Crippen molar-refractivity contribution in [2.45, 2.75) is 25.7 Å². The summed E-state index contributed by atoms with van der Waals surface area (Å²) in [5.41, 5.74) is 2.50. The Bertz CT molecular complexity index is 1410. The van der Waals surface area contributed by atoms with Gasteiger partial charge in [-0.3, -0.25) is 14.4 Å². The molecule has 0 bridgehead atoms. The smallest absolute Gasteiger partial charge is 0.295 e. The van der Waals surface area contributed by atoms with E-state index in [0.717, 1.165) is 49.9 Å². The van der Waals surface area contributed by atoms with Gasteiger partial charge in [0, 0.05) is 57.4 Å². The molecule has 2 amide bonds. The van der Waals surface area contributed by atoms with Crippen molar-refractivity contribution in [1.82, 2.24) is 19.3 Å². The Balaban J connectivity index is 1.35. The monoisotopic (exact) mass is 548 g/mol. The van der Waals surface area contributed by atoms with Crippen LogP contribution in [0.15, 0.2) is 42.6 Å². The lowest BCUT2D eigenvalue weighted by atomic mass is 9.90. The van der Waals surface area contributed by atoms with Gasteiger partial charge in [0.2, 0.25) is 0 Å². The first-order chi connectivity index (χ1) is 19.2. The number of aryl methyl sites for hydroxylation is 1. The van der Waals surface area contributed by atoms with Crippen LogP contribution in [-0.2, 0) is 18.3 Å². The summed E-state index contributed by atoms with van der Waals surface area (Å²) in [6, 6.07) is 10.1. The third kappa shape index (κ3) is 5.75. The predicted molar refractivity (Wildman–Crippen MR) is 151 cm³/mol. The molecule has 5 rings (SSSR count). The van der Waals surface area contributed by atoms with Gasteiger partial charge < -0.3 is 24.0 Å². The van der Waals surface area contributed by atoms with Gasteiger partial charge in [0.25, 0.3) is 17.6 Å². The topological polar surface area (TPSA) is 75.1 Å². The van der Waals surface area contributed by atoms with Crippen molar-refractivity contribution < 1.29 is 23.5 Å². The van der Waals surface area contributed by atoms with Gasteiger partial charge in [0.15, 0.2) is 0 Å². The number of likely N-dealkylation sites (tertiary alicyclic amines) is 1. The fourth-order valence-electron chi connectivity index (χ4n) is 5.90. The van der Waals surface area contributed by atoms with Crippen molar-refractivity contribution in [3.05, 3.63) is 65.1 Å². The number of nitrogens with zero attached hydrogens (tertiary/aromatic N) is 4. The second-order valence-corrected chi connectivity index (χ2v) is 11.1. The lowest BCUT2D eigenvalue weighted by Crippen LogP contribution is -2.39. The zero-order chi connectivity index (χ0) is 28.4. The molecule has 0 radical (unpaired) electrons. The molecule has 0 aliphatic carbocycles. The van der Waals surface area contributed by atoms with Crippen molar-refractivity contribution in [2.24, 2.45) is 13.0 Å². The van der Waals surface area contributed by atoms with Crippen molar-refractivity contribution in [1.29, 1.82) is 0 Å². The molecule has 2 aliphatic heterocycles. The maximum atomic E-state index is 13.7. The van der Waals surface area contributed by atoms with Crippen LogP contribution in [0.4, 0.5) is 4.39 Å². The summed E-state index contributed by atoms with van der Waals surface area (Å²) in [5.74, 6) is -0.592. The van der Waals surface area contributed by atoms with Crippen LogP contribution < -0.4 is 4.74 Å². The summed E-state index contributed by atoms with van der Waals surface area (Å²) in [5, 5.41) is 0.572. The number of rotatable bonds is 6. The standard InChI is InChI=1S/C31H37FN4O4/c1-33-11-4-12-35(16-15-33)31(39)29(37)26-20-34(2)27-19-28(40-3)25(18-24(26)27)30(38)36-13-9-22(10-14-36)17-21-5-7-23(32)8-6-21/h5-8,18-20,22H,4,9-17H2,1-3H3. The third-order valence-electron chi connectivity index (χ3n) is 8.33. The average molecular weight is 549 g/mol. The second kappa shape index (κ2) is 11.8. The Morgan fingerprint density at radius 2 is 1.62 bits per heavy atom. The predicted octanol–water partition coefficient (Wildman–Crippen LogP) is 3.77. The van der Waals surface area contributed by atoms with Crippen LogP contribution in [0.5, 0.6) is 5.75 Å². The molecule has 0 atom stereocenters. The first-order valence-corrected chi connectivity index (χ1v) is 14.0. The molecule has 1 aromatic heterocycles. The van der Waals surface area contributed by atoms with E-state index in [2.05, 4.69) is 4.90 Å². The van der Waals surface area contributed by atoms with E-state index >= 15 is 0 Å². The average Bonchev–Trinajstić information content (AvgIpc) is 3.12. The number of benzene rings is 2. The molecule has 3 aromatic rings. The number of hydrogen-bond acceptors (Lipinski definition) is 5. The second-order valence-electron chi connectivity index (χ2n) is 11.1. The van der Waals surface area contributed by atoms with Gasteiger partial charge >= 0.3 is 0 Å². The summed E-state index contributed by atoms with van der Waals surface area (Å²) in [6.45, 7) is 3.89. The molecule has 9 heteroatoms. The van der Waals surface area contributed by atoms with Gasteiger partial charge in [-0.2, -0.15) is 0 Å². The van der Waals surface area contributed by atoms with Crippen molar-refractivity contribution in [3.8, 4) is 5.75 Å². The number of ketones is 1. The van der Waals surface area contributed by atoms with Crippen LogP contribution in [0.3, 0.4) is 0 Å². The number of methoxy groups -OCH3 is 1. The quantitative estimate of drug-likeness (QED) is 0.346. The Morgan fingerprint density at radius 1 is 0.900 bits per heavy atom. The normalized spacial score (nSPS) is 17.2. The number of likely N-dealkylation sites (N-methyl/N-ethyl adjacent to an activating group) is 1. The first kappa shape index (κ1) is 27.8. The van der Waals surface area contributed by atoms with Crippen molar-refractivity contribution in [2.75, 3.05) is 53.4 Å². The maximum Gasteiger partial charge on any atom is 0.295 e. The van der Waals surface area contributed by atoms with Crippen LogP contribution in [0.25, 0.3) is 10.9 Å². The minimum atomic E-state index is -0.555. The Labute approximate surface area is 234 Å². The Morgan fingerprint density at radius 3 is 2.33 bits per heavy atom. The van der Waals surface area contributed by atoms with Crippen LogP contribution in [0.1, 0.15) is 45.5 Å². The number of amides is 2. The number of carbonyl (C=O) groups excluding carboxylic acids is 3. The summed E-state index contributed by atoms with van der Waals surface area (Å²) in [4.78, 5) is 46.0. The van der Waals surface area contributed by atoms with Crippen LogP contribution >= 0.6 is 0 Å². The highest BCUT2D eigenvalue weighted by Crippen LogP contribution is 2.32. The summed E-state index contributed by atoms with van der Waals surface area (Å²) in [6.07, 6.45) is 5.05. The number of Topliss-reactive ketones (excluding diaryl/α,β-unsaturated/α-hetero) is 1. The van der Waals surface area contributed by atoms with Gasteiger partial charge in [-0.25, -0.2) is 4.39 Å².